The molecule has 158 valence electrons. The van der Waals surface area contributed by atoms with Crippen LogP contribution in [-0.2, 0) is 23.7 Å². The molecule has 2 saturated heterocycles. The molecular weight excluding hydrogens is 370 g/mol. The molecule has 0 aromatic rings. The number of methoxy groups -OCH3 is 1. The largest absolute Gasteiger partial charge is 0.394 e. The molecule has 7 N–H and O–H groups in total. The highest BCUT2D eigenvalue weighted by molar-refractivity contribution is 5.73. The number of carbonyl (C=O) groups is 1. The number of carbonyl (C=O) groups excluding carboxylic acids is 1. The normalized spacial score (nSPS) is 45.5. The number of hydrogen-bond donors (Lipinski definition) is 7. The van der Waals surface area contributed by atoms with Crippen LogP contribution in [0.2, 0.25) is 0 Å². The summed E-state index contributed by atoms with van der Waals surface area (Å²) in [5, 5.41) is 62.0. The molecule has 27 heavy (non-hydrogen) atoms. The van der Waals surface area contributed by atoms with Gasteiger partial charge in [0.2, 0.25) is 5.91 Å². The molecule has 10 unspecified atom stereocenters. The molecular formula is C15H27NO11. The summed E-state index contributed by atoms with van der Waals surface area (Å²) in [6.45, 7) is 0.431. The van der Waals surface area contributed by atoms with Gasteiger partial charge in [0, 0.05) is 14.0 Å². The molecule has 1 amide bonds. The van der Waals surface area contributed by atoms with Crippen LogP contribution in [0, 0.1) is 0 Å². The number of amides is 1. The molecule has 2 fully saturated rings. The lowest BCUT2D eigenvalue weighted by Crippen LogP contribution is -2.67. The van der Waals surface area contributed by atoms with Crippen molar-refractivity contribution in [3.8, 4) is 0 Å². The van der Waals surface area contributed by atoms with Crippen molar-refractivity contribution in [2.24, 2.45) is 0 Å². The van der Waals surface area contributed by atoms with Crippen LogP contribution >= 0.6 is 0 Å². The summed E-state index contributed by atoms with van der Waals surface area (Å²) >= 11 is 0. The molecule has 12 heteroatoms. The third kappa shape index (κ3) is 4.92. The quantitative estimate of drug-likeness (QED) is 0.228. The molecule has 0 spiro atoms. The van der Waals surface area contributed by atoms with Gasteiger partial charge in [-0.25, -0.2) is 0 Å². The Hall–Kier alpha value is -0.930. The van der Waals surface area contributed by atoms with Crippen LogP contribution in [0.5, 0.6) is 0 Å². The Morgan fingerprint density at radius 2 is 1.67 bits per heavy atom. The van der Waals surface area contributed by atoms with E-state index in [0.29, 0.717) is 0 Å². The molecule has 0 aromatic carbocycles. The fraction of sp³-hybridized carbons (Fsp3) is 0.933. The lowest BCUT2D eigenvalue weighted by molar-refractivity contribution is -0.345. The summed E-state index contributed by atoms with van der Waals surface area (Å²) in [6, 6.07) is -1.23. The van der Waals surface area contributed by atoms with Crippen LogP contribution in [-0.4, -0.2) is 118 Å². The van der Waals surface area contributed by atoms with Crippen molar-refractivity contribution >= 4 is 5.91 Å². The minimum Gasteiger partial charge on any atom is -0.394 e. The fourth-order valence-electron chi connectivity index (χ4n) is 3.13. The highest BCUT2D eigenvalue weighted by atomic mass is 16.7. The minimum atomic E-state index is -1.69. The lowest BCUT2D eigenvalue weighted by Gasteiger charge is -2.46. The Morgan fingerprint density at radius 3 is 2.22 bits per heavy atom. The van der Waals surface area contributed by atoms with E-state index in [1.54, 1.807) is 0 Å². The zero-order valence-electron chi connectivity index (χ0n) is 14.9. The van der Waals surface area contributed by atoms with E-state index in [9.17, 15) is 35.4 Å². The van der Waals surface area contributed by atoms with E-state index >= 15 is 0 Å². The standard InChI is InChI=1S/C15H27NO11/c1-5(18)16-8-10(20)13(7(4-24-2)25-14(8)23)27-15-12(22)11(21)9(19)6(3-17)26-15/h6-15,17,19-23H,3-4H2,1-2H3,(H,16,18). The van der Waals surface area contributed by atoms with E-state index in [4.69, 9.17) is 18.9 Å². The summed E-state index contributed by atoms with van der Waals surface area (Å²) in [6.07, 6.45) is -12.9. The van der Waals surface area contributed by atoms with Crippen molar-refractivity contribution in [3.05, 3.63) is 0 Å². The summed E-state index contributed by atoms with van der Waals surface area (Å²) in [5.74, 6) is -0.529. The van der Waals surface area contributed by atoms with Gasteiger partial charge in [-0.2, -0.15) is 0 Å². The second-order valence-electron chi connectivity index (χ2n) is 6.54. The van der Waals surface area contributed by atoms with Crippen molar-refractivity contribution in [2.45, 2.75) is 68.3 Å². The van der Waals surface area contributed by atoms with Crippen LogP contribution in [0.1, 0.15) is 6.92 Å². The van der Waals surface area contributed by atoms with Crippen molar-refractivity contribution in [2.75, 3.05) is 20.3 Å². The first-order valence-corrected chi connectivity index (χ1v) is 8.44. The van der Waals surface area contributed by atoms with Crippen LogP contribution in [0.25, 0.3) is 0 Å². The maximum atomic E-state index is 11.3. The molecule has 0 bridgehead atoms. The van der Waals surface area contributed by atoms with E-state index in [-0.39, 0.29) is 6.61 Å². The molecule has 2 heterocycles. The average molecular weight is 397 g/mol. The third-order valence-corrected chi connectivity index (χ3v) is 4.53. The van der Waals surface area contributed by atoms with Crippen molar-refractivity contribution in [3.63, 3.8) is 0 Å². The van der Waals surface area contributed by atoms with E-state index in [0.717, 1.165) is 0 Å². The Bertz CT molecular complexity index is 492. The molecule has 2 rings (SSSR count). The molecule has 10 atom stereocenters. The monoisotopic (exact) mass is 397 g/mol. The van der Waals surface area contributed by atoms with Crippen molar-refractivity contribution < 1.29 is 54.4 Å². The molecule has 0 saturated carbocycles. The molecule has 12 nitrogen and oxygen atoms in total. The lowest BCUT2D eigenvalue weighted by atomic mass is 9.95. The van der Waals surface area contributed by atoms with E-state index in [1.165, 1.54) is 14.0 Å². The SMILES string of the molecule is COCC1OC(O)C(NC(C)=O)C(O)C1OC1OC(CO)C(O)C(O)C1O. The second-order valence-corrected chi connectivity index (χ2v) is 6.54. The Kier molecular flexibility index (Phi) is 7.88. The number of rotatable bonds is 6. The van der Waals surface area contributed by atoms with Gasteiger partial charge in [0.1, 0.15) is 48.8 Å². The maximum Gasteiger partial charge on any atom is 0.217 e. The molecule has 2 aliphatic rings. The first kappa shape index (κ1) is 22.4. The van der Waals surface area contributed by atoms with Crippen LogP contribution in [0.4, 0.5) is 0 Å². The smallest absolute Gasteiger partial charge is 0.217 e. The van der Waals surface area contributed by atoms with Gasteiger partial charge in [-0.1, -0.05) is 0 Å². The Labute approximate surface area is 155 Å². The average Bonchev–Trinajstić information content (AvgIpc) is 2.61. The van der Waals surface area contributed by atoms with E-state index in [2.05, 4.69) is 5.32 Å². The summed E-state index contributed by atoms with van der Waals surface area (Å²) in [5.41, 5.74) is 0. The van der Waals surface area contributed by atoms with E-state index in [1.807, 2.05) is 0 Å². The fourth-order valence-corrected chi connectivity index (χ4v) is 3.13. The second kappa shape index (κ2) is 9.52. The topological polar surface area (TPSA) is 187 Å². The summed E-state index contributed by atoms with van der Waals surface area (Å²) in [4.78, 5) is 11.3. The number of nitrogens with one attached hydrogen (secondary N) is 1. The van der Waals surface area contributed by atoms with Crippen LogP contribution in [0.15, 0.2) is 0 Å². The van der Waals surface area contributed by atoms with Crippen molar-refractivity contribution in [1.82, 2.24) is 5.32 Å². The zero-order chi connectivity index (χ0) is 20.3. The zero-order valence-corrected chi connectivity index (χ0v) is 14.9. The molecule has 0 aliphatic carbocycles. The highest BCUT2D eigenvalue weighted by Gasteiger charge is 2.50. The number of aliphatic hydroxyl groups is 6. The Morgan fingerprint density at radius 1 is 1.00 bits per heavy atom. The third-order valence-electron chi connectivity index (χ3n) is 4.53. The van der Waals surface area contributed by atoms with Gasteiger partial charge in [-0.05, 0) is 0 Å². The molecule has 0 radical (unpaired) electrons. The first-order valence-electron chi connectivity index (χ1n) is 8.44. The number of aliphatic hydroxyl groups excluding tert-OH is 6. The minimum absolute atomic E-state index is 0.108. The molecule has 2 aliphatic heterocycles. The highest BCUT2D eigenvalue weighted by Crippen LogP contribution is 2.28. The van der Waals surface area contributed by atoms with Gasteiger partial charge in [0.25, 0.3) is 0 Å². The van der Waals surface area contributed by atoms with Crippen LogP contribution < -0.4 is 5.32 Å². The van der Waals surface area contributed by atoms with Crippen molar-refractivity contribution in [1.29, 1.82) is 0 Å². The number of hydrogen-bond acceptors (Lipinski definition) is 11. The van der Waals surface area contributed by atoms with Gasteiger partial charge in [0.15, 0.2) is 12.6 Å². The Balaban J connectivity index is 2.19. The van der Waals surface area contributed by atoms with Crippen LogP contribution in [0.3, 0.4) is 0 Å². The summed E-state index contributed by atoms with van der Waals surface area (Å²) in [7, 11) is 1.35. The number of ether oxygens (including phenoxy) is 4. The van der Waals surface area contributed by atoms with Gasteiger partial charge in [-0.15, -0.1) is 0 Å². The predicted octanol–water partition coefficient (Wildman–Crippen LogP) is -4.60. The maximum absolute atomic E-state index is 11.3. The molecule has 0 aromatic heterocycles. The van der Waals surface area contributed by atoms with Gasteiger partial charge >= 0.3 is 0 Å². The summed E-state index contributed by atoms with van der Waals surface area (Å²) < 4.78 is 21.1. The van der Waals surface area contributed by atoms with Gasteiger partial charge < -0.3 is 54.9 Å². The van der Waals surface area contributed by atoms with E-state index < -0.39 is 73.9 Å². The predicted molar refractivity (Wildman–Crippen MR) is 85.0 cm³/mol. The first-order chi connectivity index (χ1) is 12.7. The van der Waals surface area contributed by atoms with Gasteiger partial charge in [-0.3, -0.25) is 4.79 Å². The van der Waals surface area contributed by atoms with Gasteiger partial charge in [0.05, 0.1) is 13.2 Å².